The van der Waals surface area contributed by atoms with Crippen LogP contribution in [-0.4, -0.2) is 61.8 Å². The summed E-state index contributed by atoms with van der Waals surface area (Å²) in [6.07, 6.45) is 2.24. The predicted octanol–water partition coefficient (Wildman–Crippen LogP) is 3.49. The fraction of sp³-hybridized carbons (Fsp3) is 0.0476. The van der Waals surface area contributed by atoms with Gasteiger partial charge in [0.05, 0.1) is 29.1 Å². The van der Waals surface area contributed by atoms with E-state index >= 15 is 0 Å². The number of nitrogens with one attached hydrogen (secondary N) is 4. The van der Waals surface area contributed by atoms with E-state index in [9.17, 15) is 19.8 Å². The molecule has 20 heteroatoms. The number of benzene rings is 2. The number of anilines is 2. The van der Waals surface area contributed by atoms with Crippen LogP contribution in [0.3, 0.4) is 0 Å². The number of hydrogen-bond donors (Lipinski definition) is 6. The molecule has 2 heterocycles. The van der Waals surface area contributed by atoms with E-state index < -0.39 is 11.8 Å². The molecule has 2 amide bonds. The Morgan fingerprint density at radius 2 is 1.15 bits per heavy atom. The van der Waals surface area contributed by atoms with Gasteiger partial charge in [0.25, 0.3) is 11.8 Å². The van der Waals surface area contributed by atoms with Gasteiger partial charge in [0.2, 0.25) is 23.0 Å². The summed E-state index contributed by atoms with van der Waals surface area (Å²) in [5.41, 5.74) is 4.14. The van der Waals surface area contributed by atoms with Crippen LogP contribution in [0.4, 0.5) is 11.6 Å². The number of carbonyl (C=O) groups excluding carboxylic acids is 2. The standard InChI is InChI=1S/C21H14Cl4N10O6/c22-10-1-8(16(36)12(24)3-10)5-28-30-20(38)14-18(34-40-32-14)26-7-27-19-15(33-41-35-19)21(39)31-29-6-9-2-11(23)4-13(25)17(9)37/h1-6,36-37H,7H2,(H,26,34)(H,27,35)(H,30,38)(H,31,39). The average molecular weight is 644 g/mol. The minimum absolute atomic E-state index is 0.00355. The van der Waals surface area contributed by atoms with E-state index in [2.05, 4.69) is 61.6 Å². The van der Waals surface area contributed by atoms with Gasteiger partial charge in [-0.3, -0.25) is 9.59 Å². The third-order valence-electron chi connectivity index (χ3n) is 4.77. The van der Waals surface area contributed by atoms with Gasteiger partial charge in [-0.1, -0.05) is 46.4 Å². The van der Waals surface area contributed by atoms with Crippen LogP contribution in [0.25, 0.3) is 0 Å². The number of hydrazone groups is 2. The van der Waals surface area contributed by atoms with Crippen molar-refractivity contribution in [1.29, 1.82) is 0 Å². The molecule has 0 radical (unpaired) electrons. The fourth-order valence-corrected chi connectivity index (χ4v) is 3.93. The maximum atomic E-state index is 12.4. The number of aromatic nitrogens is 4. The van der Waals surface area contributed by atoms with Gasteiger partial charge in [-0.05, 0) is 44.9 Å². The van der Waals surface area contributed by atoms with Crippen molar-refractivity contribution in [3.63, 3.8) is 0 Å². The summed E-state index contributed by atoms with van der Waals surface area (Å²) in [5.74, 6) is -2.37. The molecule has 0 aliphatic rings. The van der Waals surface area contributed by atoms with Crippen LogP contribution < -0.4 is 21.5 Å². The minimum Gasteiger partial charge on any atom is -0.506 e. The smallest absolute Gasteiger partial charge is 0.297 e. The summed E-state index contributed by atoms with van der Waals surface area (Å²) in [6, 6.07) is 5.44. The lowest BCUT2D eigenvalue weighted by atomic mass is 10.2. The molecule has 0 saturated carbocycles. The molecule has 4 rings (SSSR count). The molecule has 0 fully saturated rings. The Morgan fingerprint density at radius 1 is 0.732 bits per heavy atom. The molecule has 0 bridgehead atoms. The lowest BCUT2D eigenvalue weighted by Crippen LogP contribution is -2.23. The van der Waals surface area contributed by atoms with Gasteiger partial charge in [-0.2, -0.15) is 10.2 Å². The molecule has 0 atom stereocenters. The van der Waals surface area contributed by atoms with Crippen molar-refractivity contribution in [3.05, 3.63) is 66.9 Å². The molecule has 6 N–H and O–H groups in total. The van der Waals surface area contributed by atoms with Crippen LogP contribution in [0, 0.1) is 0 Å². The number of aromatic hydroxyl groups is 2. The van der Waals surface area contributed by atoms with E-state index in [0.717, 1.165) is 12.4 Å². The average Bonchev–Trinajstić information content (AvgIpc) is 3.59. The number of phenolic OH excluding ortho intramolecular Hbond substituents is 2. The molecule has 16 nitrogen and oxygen atoms in total. The van der Waals surface area contributed by atoms with Crippen LogP contribution >= 0.6 is 46.4 Å². The van der Waals surface area contributed by atoms with Gasteiger partial charge < -0.3 is 20.8 Å². The SMILES string of the molecule is O=C(NN=Cc1cc(Cl)cc(Cl)c1O)c1nonc1NCNc1nonc1C(=O)NN=Cc1cc(Cl)cc(Cl)c1O. The van der Waals surface area contributed by atoms with Gasteiger partial charge in [0, 0.05) is 21.2 Å². The first-order chi connectivity index (χ1) is 19.6. The van der Waals surface area contributed by atoms with E-state index in [1.807, 2.05) is 0 Å². The summed E-state index contributed by atoms with van der Waals surface area (Å²) in [4.78, 5) is 24.9. The summed E-state index contributed by atoms with van der Waals surface area (Å²) in [5, 5.41) is 47.4. The van der Waals surface area contributed by atoms with Crippen LogP contribution in [0.1, 0.15) is 32.1 Å². The Balaban J connectivity index is 1.32. The quantitative estimate of drug-likeness (QED) is 0.0829. The van der Waals surface area contributed by atoms with Crippen LogP contribution in [0.2, 0.25) is 20.1 Å². The van der Waals surface area contributed by atoms with Gasteiger partial charge in [0.1, 0.15) is 11.5 Å². The Labute approximate surface area is 248 Å². The highest BCUT2D eigenvalue weighted by atomic mass is 35.5. The number of halogens is 4. The highest BCUT2D eigenvalue weighted by molar-refractivity contribution is 6.36. The number of phenols is 2. The molecule has 2 aromatic carbocycles. The van der Waals surface area contributed by atoms with E-state index in [1.165, 1.54) is 24.3 Å². The second-order valence-electron chi connectivity index (χ2n) is 7.50. The molecule has 2 aromatic heterocycles. The normalized spacial score (nSPS) is 11.2. The molecule has 0 spiro atoms. The highest BCUT2D eigenvalue weighted by Gasteiger charge is 2.20. The number of nitrogens with zero attached hydrogens (tertiary/aromatic N) is 6. The number of amides is 2. The molecule has 4 aromatic rings. The fourth-order valence-electron chi connectivity index (χ4n) is 2.91. The Morgan fingerprint density at radius 3 is 1.56 bits per heavy atom. The monoisotopic (exact) mass is 642 g/mol. The van der Waals surface area contributed by atoms with Crippen molar-refractivity contribution >= 4 is 82.3 Å². The first kappa shape index (κ1) is 29.3. The Bertz CT molecular complexity index is 1540. The second kappa shape index (κ2) is 13.1. The van der Waals surface area contributed by atoms with E-state index in [-0.39, 0.29) is 72.4 Å². The largest absolute Gasteiger partial charge is 0.506 e. The molecule has 41 heavy (non-hydrogen) atoms. The minimum atomic E-state index is -0.814. The van der Waals surface area contributed by atoms with Gasteiger partial charge in [-0.15, -0.1) is 0 Å². The maximum Gasteiger partial charge on any atom is 0.297 e. The molecule has 0 aliphatic carbocycles. The summed E-state index contributed by atoms with van der Waals surface area (Å²) in [7, 11) is 0. The zero-order valence-corrected chi connectivity index (χ0v) is 22.9. The zero-order valence-electron chi connectivity index (χ0n) is 19.9. The molecular formula is C21H14Cl4N10O6. The van der Waals surface area contributed by atoms with Crippen molar-refractivity contribution in [1.82, 2.24) is 31.5 Å². The number of hydrogen-bond acceptors (Lipinski definition) is 14. The van der Waals surface area contributed by atoms with Gasteiger partial charge >= 0.3 is 0 Å². The summed E-state index contributed by atoms with van der Waals surface area (Å²) < 4.78 is 9.19. The Kier molecular flexibility index (Phi) is 9.41. The molecule has 0 saturated heterocycles. The van der Waals surface area contributed by atoms with Gasteiger partial charge in [0.15, 0.2) is 0 Å². The molecule has 0 aliphatic heterocycles. The third kappa shape index (κ3) is 7.31. The molecule has 212 valence electrons. The first-order valence-corrected chi connectivity index (χ1v) is 12.3. The predicted molar refractivity (Wildman–Crippen MR) is 147 cm³/mol. The molecular weight excluding hydrogens is 630 g/mol. The zero-order chi connectivity index (χ0) is 29.5. The number of rotatable bonds is 10. The van der Waals surface area contributed by atoms with Crippen LogP contribution in [0.5, 0.6) is 11.5 Å². The lowest BCUT2D eigenvalue weighted by Gasteiger charge is -2.05. The van der Waals surface area contributed by atoms with Gasteiger partial charge in [-0.25, -0.2) is 20.1 Å². The van der Waals surface area contributed by atoms with Crippen molar-refractivity contribution in [2.75, 3.05) is 17.3 Å². The highest BCUT2D eigenvalue weighted by Crippen LogP contribution is 2.31. The molecule has 0 unspecified atom stereocenters. The van der Waals surface area contributed by atoms with E-state index in [1.54, 1.807) is 0 Å². The van der Waals surface area contributed by atoms with Crippen molar-refractivity contribution in [3.8, 4) is 11.5 Å². The van der Waals surface area contributed by atoms with Crippen LogP contribution in [-0.2, 0) is 0 Å². The van der Waals surface area contributed by atoms with Crippen molar-refractivity contribution < 1.29 is 29.1 Å². The second-order valence-corrected chi connectivity index (χ2v) is 9.19. The Hall–Kier alpha value is -4.64. The van der Waals surface area contributed by atoms with E-state index in [0.29, 0.717) is 0 Å². The summed E-state index contributed by atoms with van der Waals surface area (Å²) >= 11 is 23.5. The lowest BCUT2D eigenvalue weighted by molar-refractivity contribution is 0.0937. The van der Waals surface area contributed by atoms with Crippen molar-refractivity contribution in [2.24, 2.45) is 10.2 Å². The maximum absolute atomic E-state index is 12.4. The van der Waals surface area contributed by atoms with Crippen molar-refractivity contribution in [2.45, 2.75) is 0 Å². The third-order valence-corrected chi connectivity index (χ3v) is 5.79. The first-order valence-electron chi connectivity index (χ1n) is 10.8. The van der Waals surface area contributed by atoms with E-state index in [4.69, 9.17) is 46.4 Å². The topological polar surface area (TPSA) is 225 Å². The summed E-state index contributed by atoms with van der Waals surface area (Å²) in [6.45, 7) is -0.153. The number of carbonyl (C=O) groups is 2. The van der Waals surface area contributed by atoms with Crippen LogP contribution in [0.15, 0.2) is 43.7 Å².